The van der Waals surface area contributed by atoms with Crippen molar-refractivity contribution in [3.63, 3.8) is 0 Å². The number of alkyl halides is 1. The Morgan fingerprint density at radius 1 is 1.45 bits per heavy atom. The van der Waals surface area contributed by atoms with Gasteiger partial charge in [-0.25, -0.2) is 13.4 Å². The summed E-state index contributed by atoms with van der Waals surface area (Å²) >= 11 is 0. The number of likely N-dealkylation sites (tertiary alicyclic amines) is 1. The summed E-state index contributed by atoms with van der Waals surface area (Å²) in [6, 6.07) is 2.06. The van der Waals surface area contributed by atoms with E-state index in [4.69, 9.17) is 4.74 Å². The molecule has 0 aromatic heterocycles. The van der Waals surface area contributed by atoms with E-state index in [2.05, 4.69) is 10.3 Å². The third-order valence-electron chi connectivity index (χ3n) is 3.00. The molecule has 1 aliphatic rings. The summed E-state index contributed by atoms with van der Waals surface area (Å²) in [4.78, 5) is 13.1. The molecule has 0 radical (unpaired) electrons. The van der Waals surface area contributed by atoms with Crippen LogP contribution in [0, 0.1) is 16.7 Å². The second kappa shape index (κ2) is 6.38. The molecule has 0 saturated carbocycles. The maximum Gasteiger partial charge on any atom is 0.410 e. The van der Waals surface area contributed by atoms with Crippen LogP contribution >= 0.6 is 0 Å². The number of nitrogens with zero attached hydrogens (tertiary/aromatic N) is 2. The Balaban J connectivity index is 2.48. The van der Waals surface area contributed by atoms with Crippen molar-refractivity contribution < 1.29 is 26.5 Å². The maximum atomic E-state index is 13.4. The fourth-order valence-corrected chi connectivity index (χ4v) is 2.53. The van der Waals surface area contributed by atoms with Crippen LogP contribution in [0.3, 0.4) is 0 Å². The molecule has 1 saturated heterocycles. The topological polar surface area (TPSA) is 96.7 Å². The van der Waals surface area contributed by atoms with E-state index in [0.717, 1.165) is 6.26 Å². The van der Waals surface area contributed by atoms with Gasteiger partial charge in [-0.1, -0.05) is 0 Å². The van der Waals surface area contributed by atoms with Crippen LogP contribution in [0.25, 0.3) is 0 Å². The number of amides is 1. The van der Waals surface area contributed by atoms with Crippen molar-refractivity contribution in [2.24, 2.45) is 5.41 Å². The molecule has 7 nitrogen and oxygen atoms in total. The Kier molecular flexibility index (Phi) is 5.41. The lowest BCUT2D eigenvalue weighted by molar-refractivity contribution is -0.0256. The number of hydrogen-bond acceptors (Lipinski definition) is 6. The maximum absolute atomic E-state index is 13.4. The second-order valence-electron chi connectivity index (χ2n) is 6.48. The lowest BCUT2D eigenvalue weighted by Crippen LogP contribution is -2.58. The fraction of sp³-hybridized carbons (Fsp3) is 0.846. The molecule has 126 valence electrons. The minimum absolute atomic E-state index is 0.0967. The molecule has 9 heteroatoms. The van der Waals surface area contributed by atoms with Crippen LogP contribution in [0.4, 0.5) is 9.18 Å². The highest BCUT2D eigenvalue weighted by atomic mass is 32.2. The summed E-state index contributed by atoms with van der Waals surface area (Å²) in [6.07, 6.45) is -1.89. The molecule has 1 heterocycles. The molecule has 1 amide bonds. The monoisotopic (exact) mass is 336 g/mol. The number of rotatable bonds is 5. The van der Waals surface area contributed by atoms with Gasteiger partial charge in [0.15, 0.2) is 0 Å². The molecule has 0 bridgehead atoms. The van der Waals surface area contributed by atoms with E-state index in [-0.39, 0.29) is 25.9 Å². The van der Waals surface area contributed by atoms with Crippen molar-refractivity contribution >= 4 is 16.2 Å². The van der Waals surface area contributed by atoms with Crippen molar-refractivity contribution in [1.29, 1.82) is 5.26 Å². The summed E-state index contributed by atoms with van der Waals surface area (Å²) in [7, 11) is -3.87. The highest BCUT2D eigenvalue weighted by Crippen LogP contribution is 2.36. The van der Waals surface area contributed by atoms with E-state index in [1.165, 1.54) is 4.90 Å². The third kappa shape index (κ3) is 5.77. The van der Waals surface area contributed by atoms with Crippen molar-refractivity contribution in [2.45, 2.75) is 45.6 Å². The number of hydrogen-bond donors (Lipinski definition) is 0. The Hall–Kier alpha value is -1.40. The SMILES string of the molecule is CC(C)(C)OC(=O)N1CC(C#N)(CC[C@@H](F)OS(C)(=O)=O)C1. The van der Waals surface area contributed by atoms with Gasteiger partial charge in [0.1, 0.15) is 5.60 Å². The van der Waals surface area contributed by atoms with E-state index < -0.39 is 33.6 Å². The Morgan fingerprint density at radius 2 is 2.00 bits per heavy atom. The first-order valence-corrected chi connectivity index (χ1v) is 8.59. The first-order valence-electron chi connectivity index (χ1n) is 6.77. The van der Waals surface area contributed by atoms with Crippen molar-refractivity contribution in [2.75, 3.05) is 19.3 Å². The van der Waals surface area contributed by atoms with E-state index in [0.29, 0.717) is 0 Å². The molecule has 0 unspecified atom stereocenters. The second-order valence-corrected chi connectivity index (χ2v) is 8.08. The van der Waals surface area contributed by atoms with Crippen LogP contribution in [0.15, 0.2) is 0 Å². The lowest BCUT2D eigenvalue weighted by Gasteiger charge is -2.45. The molecule has 0 aliphatic carbocycles. The van der Waals surface area contributed by atoms with Crippen molar-refractivity contribution in [1.82, 2.24) is 4.90 Å². The van der Waals surface area contributed by atoms with Crippen LogP contribution in [0.2, 0.25) is 0 Å². The fourth-order valence-electron chi connectivity index (χ4n) is 2.05. The molecule has 22 heavy (non-hydrogen) atoms. The first kappa shape index (κ1) is 18.6. The van der Waals surface area contributed by atoms with Crippen molar-refractivity contribution in [3.8, 4) is 6.07 Å². The van der Waals surface area contributed by atoms with Gasteiger partial charge in [-0.3, -0.25) is 0 Å². The van der Waals surface area contributed by atoms with Crippen molar-refractivity contribution in [3.05, 3.63) is 0 Å². The molecule has 1 fully saturated rings. The van der Waals surface area contributed by atoms with Crippen LogP contribution in [-0.2, 0) is 19.0 Å². The minimum Gasteiger partial charge on any atom is -0.444 e. The molecule has 0 spiro atoms. The average molecular weight is 336 g/mol. The summed E-state index contributed by atoms with van der Waals surface area (Å²) in [5.41, 5.74) is -1.52. The van der Waals surface area contributed by atoms with Gasteiger partial charge in [0.25, 0.3) is 10.1 Å². The summed E-state index contributed by atoms with van der Waals surface area (Å²) in [6.45, 7) is 5.46. The molecular weight excluding hydrogens is 315 g/mol. The first-order chi connectivity index (χ1) is 9.86. The average Bonchev–Trinajstić information content (AvgIpc) is 2.22. The van der Waals surface area contributed by atoms with Gasteiger partial charge >= 0.3 is 6.09 Å². The highest BCUT2D eigenvalue weighted by Gasteiger charge is 2.47. The zero-order valence-corrected chi connectivity index (χ0v) is 13.9. The Bertz CT molecular complexity index is 558. The van der Waals surface area contributed by atoms with Gasteiger partial charge in [0, 0.05) is 19.5 Å². The smallest absolute Gasteiger partial charge is 0.410 e. The Labute approximate surface area is 130 Å². The third-order valence-corrected chi connectivity index (χ3v) is 3.56. The quantitative estimate of drug-likeness (QED) is 0.710. The molecule has 0 aromatic rings. The van der Waals surface area contributed by atoms with Gasteiger partial charge in [-0.2, -0.15) is 13.7 Å². The standard InChI is InChI=1S/C13H21FN2O5S/c1-12(2,3)20-11(17)16-8-13(7-15,9-16)6-5-10(14)21-22(4,18)19/h10H,5-6,8-9H2,1-4H3/t10-/m0/s1. The van der Waals surface area contributed by atoms with Crippen LogP contribution in [-0.4, -0.2) is 50.7 Å². The largest absolute Gasteiger partial charge is 0.444 e. The van der Waals surface area contributed by atoms with E-state index >= 15 is 0 Å². The van der Waals surface area contributed by atoms with Crippen LogP contribution in [0.1, 0.15) is 33.6 Å². The Morgan fingerprint density at radius 3 is 2.41 bits per heavy atom. The van der Waals surface area contributed by atoms with E-state index in [1.807, 2.05) is 0 Å². The molecular formula is C13H21FN2O5S. The number of carbonyl (C=O) groups excluding carboxylic acids is 1. The number of ether oxygens (including phenoxy) is 1. The summed E-state index contributed by atoms with van der Waals surface area (Å²) < 4.78 is 44.3. The predicted octanol–water partition coefficient (Wildman–Crippen LogP) is 1.80. The number of carbonyl (C=O) groups is 1. The molecule has 1 rings (SSSR count). The molecule has 0 N–H and O–H groups in total. The van der Waals surface area contributed by atoms with Gasteiger partial charge < -0.3 is 9.64 Å². The van der Waals surface area contributed by atoms with Crippen LogP contribution in [0.5, 0.6) is 0 Å². The zero-order chi connectivity index (χ0) is 17.2. The molecule has 1 atom stereocenters. The number of halogens is 1. The highest BCUT2D eigenvalue weighted by molar-refractivity contribution is 7.86. The van der Waals surface area contributed by atoms with Gasteiger partial charge in [0.2, 0.25) is 6.36 Å². The minimum atomic E-state index is -3.87. The van der Waals surface area contributed by atoms with E-state index in [1.54, 1.807) is 20.8 Å². The molecule has 0 aromatic carbocycles. The zero-order valence-electron chi connectivity index (χ0n) is 13.1. The van der Waals surface area contributed by atoms with Gasteiger partial charge in [-0.05, 0) is 27.2 Å². The number of nitriles is 1. The normalized spacial score (nSPS) is 19.0. The predicted molar refractivity (Wildman–Crippen MR) is 75.9 cm³/mol. The lowest BCUT2D eigenvalue weighted by atomic mass is 9.77. The molecule has 1 aliphatic heterocycles. The van der Waals surface area contributed by atoms with E-state index in [9.17, 15) is 22.9 Å². The van der Waals surface area contributed by atoms with Gasteiger partial charge in [-0.15, -0.1) is 0 Å². The van der Waals surface area contributed by atoms with Gasteiger partial charge in [0.05, 0.1) is 17.7 Å². The van der Waals surface area contributed by atoms with Crippen LogP contribution < -0.4 is 0 Å². The summed E-state index contributed by atoms with van der Waals surface area (Å²) in [5, 5.41) is 9.20. The summed E-state index contributed by atoms with van der Waals surface area (Å²) in [5.74, 6) is 0.